The average Bonchev–Trinajstić information content (AvgIpc) is 3.31. The Balaban J connectivity index is 1.74. The van der Waals surface area contributed by atoms with Crippen molar-refractivity contribution in [1.82, 2.24) is 14.5 Å². The normalized spacial score (nSPS) is 18.9. The van der Waals surface area contributed by atoms with Gasteiger partial charge in [-0.05, 0) is 44.0 Å². The van der Waals surface area contributed by atoms with E-state index in [0.717, 1.165) is 5.56 Å². The summed E-state index contributed by atoms with van der Waals surface area (Å²) in [5.41, 5.74) is 0.953. The fraction of sp³-hybridized carbons (Fsp3) is 0.478. The third kappa shape index (κ3) is 5.21. The van der Waals surface area contributed by atoms with Crippen LogP contribution in [0.2, 0.25) is 0 Å². The summed E-state index contributed by atoms with van der Waals surface area (Å²) in [5, 5.41) is 0. The molecule has 3 atom stereocenters. The summed E-state index contributed by atoms with van der Waals surface area (Å²) in [4.78, 5) is 29.5. The number of nitrogens with one attached hydrogen (secondary N) is 1. The van der Waals surface area contributed by atoms with Crippen LogP contribution in [-0.2, 0) is 14.8 Å². The molecule has 174 valence electrons. The van der Waals surface area contributed by atoms with Gasteiger partial charge in [0.15, 0.2) is 5.76 Å². The Morgan fingerprint density at radius 2 is 1.88 bits per heavy atom. The van der Waals surface area contributed by atoms with Crippen LogP contribution in [0.15, 0.2) is 52.0 Å². The van der Waals surface area contributed by atoms with E-state index >= 15 is 0 Å². The molecule has 9 heteroatoms. The van der Waals surface area contributed by atoms with E-state index in [2.05, 4.69) is 4.72 Å². The fourth-order valence-corrected chi connectivity index (χ4v) is 5.09. The van der Waals surface area contributed by atoms with E-state index in [-0.39, 0.29) is 34.4 Å². The molecule has 1 aromatic carbocycles. The maximum atomic E-state index is 13.4. The first-order valence-electron chi connectivity index (χ1n) is 10.9. The van der Waals surface area contributed by atoms with E-state index in [1.54, 1.807) is 34.1 Å². The van der Waals surface area contributed by atoms with Gasteiger partial charge < -0.3 is 14.2 Å². The van der Waals surface area contributed by atoms with Crippen molar-refractivity contribution in [2.24, 2.45) is 5.92 Å². The number of hydrogen-bond acceptors (Lipinski definition) is 5. The summed E-state index contributed by atoms with van der Waals surface area (Å²) >= 11 is 0. The predicted molar refractivity (Wildman–Crippen MR) is 121 cm³/mol. The summed E-state index contributed by atoms with van der Waals surface area (Å²) in [5.74, 6) is -0.416. The zero-order valence-electron chi connectivity index (χ0n) is 18.9. The van der Waals surface area contributed by atoms with Gasteiger partial charge >= 0.3 is 0 Å². The minimum Gasteiger partial charge on any atom is -0.459 e. The van der Waals surface area contributed by atoms with Gasteiger partial charge in [-0.15, -0.1) is 0 Å². The zero-order valence-corrected chi connectivity index (χ0v) is 19.8. The van der Waals surface area contributed by atoms with Crippen LogP contribution >= 0.6 is 0 Å². The summed E-state index contributed by atoms with van der Waals surface area (Å²) in [7, 11) is -3.86. The molecule has 3 unspecified atom stereocenters. The Bertz CT molecular complexity index is 1030. The second-order valence-electron chi connectivity index (χ2n) is 8.41. The highest BCUT2D eigenvalue weighted by Gasteiger charge is 2.37. The number of aryl methyl sites for hydroxylation is 1. The standard InChI is InChI=1S/C23H31N3O5S/c1-5-17(3)21(24-32(29,30)19-10-8-16(2)9-11-19)23(28)25-12-13-26(18(4)15-25)22(27)20-7-6-14-31-20/h6-11,14,17-18,21,24H,5,12-13,15H2,1-4H3. The number of benzene rings is 1. The molecule has 32 heavy (non-hydrogen) atoms. The van der Waals surface area contributed by atoms with E-state index in [4.69, 9.17) is 4.42 Å². The van der Waals surface area contributed by atoms with E-state index in [1.165, 1.54) is 18.4 Å². The number of furan rings is 1. The van der Waals surface area contributed by atoms with E-state index in [0.29, 0.717) is 26.1 Å². The van der Waals surface area contributed by atoms with E-state index < -0.39 is 16.1 Å². The van der Waals surface area contributed by atoms with Crippen molar-refractivity contribution in [2.75, 3.05) is 19.6 Å². The number of carbonyl (C=O) groups excluding carboxylic acids is 2. The number of carbonyl (C=O) groups is 2. The van der Waals surface area contributed by atoms with Gasteiger partial charge in [-0.3, -0.25) is 9.59 Å². The van der Waals surface area contributed by atoms with Gasteiger partial charge in [0.1, 0.15) is 6.04 Å². The molecule has 2 aromatic rings. The molecule has 1 aromatic heterocycles. The van der Waals surface area contributed by atoms with Crippen molar-refractivity contribution in [2.45, 2.75) is 51.1 Å². The third-order valence-corrected chi connectivity index (χ3v) is 7.48. The lowest BCUT2D eigenvalue weighted by Gasteiger charge is -2.41. The van der Waals surface area contributed by atoms with Gasteiger partial charge in [0.25, 0.3) is 5.91 Å². The van der Waals surface area contributed by atoms with Crippen molar-refractivity contribution < 1.29 is 22.4 Å². The van der Waals surface area contributed by atoms with Crippen LogP contribution in [0.1, 0.15) is 43.3 Å². The summed E-state index contributed by atoms with van der Waals surface area (Å²) in [6.07, 6.45) is 2.09. The van der Waals surface area contributed by atoms with Crippen molar-refractivity contribution in [3.63, 3.8) is 0 Å². The molecule has 0 radical (unpaired) electrons. The van der Waals surface area contributed by atoms with Crippen molar-refractivity contribution in [3.05, 3.63) is 54.0 Å². The first-order chi connectivity index (χ1) is 15.1. The molecule has 1 N–H and O–H groups in total. The van der Waals surface area contributed by atoms with Gasteiger partial charge in [0.05, 0.1) is 11.2 Å². The second kappa shape index (κ2) is 9.87. The Morgan fingerprint density at radius 3 is 2.44 bits per heavy atom. The van der Waals surface area contributed by atoms with Crippen LogP contribution in [0.3, 0.4) is 0 Å². The number of nitrogens with zero attached hydrogens (tertiary/aromatic N) is 2. The van der Waals surface area contributed by atoms with Gasteiger partial charge in [-0.2, -0.15) is 4.72 Å². The maximum absolute atomic E-state index is 13.4. The Morgan fingerprint density at radius 1 is 1.19 bits per heavy atom. The topological polar surface area (TPSA) is 99.9 Å². The first-order valence-corrected chi connectivity index (χ1v) is 12.3. The smallest absolute Gasteiger partial charge is 0.289 e. The molecule has 1 fully saturated rings. The summed E-state index contributed by atoms with van der Waals surface area (Å²) in [6, 6.07) is 8.70. The minimum atomic E-state index is -3.86. The second-order valence-corrected chi connectivity index (χ2v) is 10.1. The monoisotopic (exact) mass is 461 g/mol. The molecule has 2 heterocycles. The molecule has 3 rings (SSSR count). The highest BCUT2D eigenvalue weighted by molar-refractivity contribution is 7.89. The molecule has 1 aliphatic heterocycles. The molecule has 1 aliphatic rings. The lowest BCUT2D eigenvalue weighted by atomic mass is 9.98. The number of rotatable bonds is 7. The lowest BCUT2D eigenvalue weighted by molar-refractivity contribution is -0.136. The third-order valence-electron chi connectivity index (χ3n) is 6.02. The van der Waals surface area contributed by atoms with Crippen LogP contribution in [0.25, 0.3) is 0 Å². The largest absolute Gasteiger partial charge is 0.459 e. The Labute approximate surface area is 189 Å². The average molecular weight is 462 g/mol. The van der Waals surface area contributed by atoms with Crippen molar-refractivity contribution >= 4 is 21.8 Å². The number of amides is 2. The maximum Gasteiger partial charge on any atom is 0.289 e. The van der Waals surface area contributed by atoms with Crippen LogP contribution in [0.5, 0.6) is 0 Å². The number of sulfonamides is 1. The Hall–Kier alpha value is -2.65. The van der Waals surface area contributed by atoms with E-state index in [9.17, 15) is 18.0 Å². The van der Waals surface area contributed by atoms with Crippen LogP contribution in [0, 0.1) is 12.8 Å². The molecule has 0 saturated carbocycles. The molecule has 8 nitrogen and oxygen atoms in total. The van der Waals surface area contributed by atoms with E-state index in [1.807, 2.05) is 27.7 Å². The molecule has 0 bridgehead atoms. The number of piperazine rings is 1. The predicted octanol–water partition coefficient (Wildman–Crippen LogP) is 2.65. The van der Waals surface area contributed by atoms with Crippen LogP contribution < -0.4 is 4.72 Å². The first kappa shape index (κ1) is 24.0. The van der Waals surface area contributed by atoms with Crippen LogP contribution in [0.4, 0.5) is 0 Å². The van der Waals surface area contributed by atoms with Gasteiger partial charge in [0, 0.05) is 25.7 Å². The van der Waals surface area contributed by atoms with Crippen molar-refractivity contribution in [1.29, 1.82) is 0 Å². The highest BCUT2D eigenvalue weighted by Crippen LogP contribution is 2.20. The quantitative estimate of drug-likeness (QED) is 0.683. The van der Waals surface area contributed by atoms with Gasteiger partial charge in [-0.25, -0.2) is 8.42 Å². The molecule has 0 aliphatic carbocycles. The number of hydrogen-bond donors (Lipinski definition) is 1. The zero-order chi connectivity index (χ0) is 23.5. The van der Waals surface area contributed by atoms with Crippen molar-refractivity contribution in [3.8, 4) is 0 Å². The van der Waals surface area contributed by atoms with Crippen LogP contribution in [-0.4, -0.2) is 61.7 Å². The van der Waals surface area contributed by atoms with Gasteiger partial charge in [-0.1, -0.05) is 38.0 Å². The summed E-state index contributed by atoms with van der Waals surface area (Å²) in [6.45, 7) is 8.54. The fourth-order valence-electron chi connectivity index (χ4n) is 3.80. The molecule has 2 amide bonds. The molecule has 1 saturated heterocycles. The SMILES string of the molecule is CCC(C)C(NS(=O)(=O)c1ccc(C)cc1)C(=O)N1CCN(C(=O)c2ccco2)C(C)C1. The minimum absolute atomic E-state index is 0.131. The molecular weight excluding hydrogens is 430 g/mol. The highest BCUT2D eigenvalue weighted by atomic mass is 32.2. The lowest BCUT2D eigenvalue weighted by Crippen LogP contribution is -2.60. The molecular formula is C23H31N3O5S. The van der Waals surface area contributed by atoms with Gasteiger partial charge in [0.2, 0.25) is 15.9 Å². The molecule has 0 spiro atoms. The summed E-state index contributed by atoms with van der Waals surface area (Å²) < 4.78 is 33.8. The Kier molecular flexibility index (Phi) is 7.40.